The molecule has 0 spiro atoms. The van der Waals surface area contributed by atoms with Crippen LogP contribution < -0.4 is 5.32 Å². The molecule has 116 valence electrons. The summed E-state index contributed by atoms with van der Waals surface area (Å²) in [6.45, 7) is 6.93. The Labute approximate surface area is 122 Å². The van der Waals surface area contributed by atoms with Gasteiger partial charge in [0.1, 0.15) is 6.04 Å². The fraction of sp³-hybridized carbons (Fsp3) is 0.867. The Morgan fingerprint density at radius 2 is 2.05 bits per heavy atom. The van der Waals surface area contributed by atoms with Crippen molar-refractivity contribution in [2.45, 2.75) is 65.0 Å². The predicted octanol–water partition coefficient (Wildman–Crippen LogP) is 2.55. The molecule has 1 fully saturated rings. The number of esters is 1. The van der Waals surface area contributed by atoms with Crippen molar-refractivity contribution < 1.29 is 14.3 Å². The van der Waals surface area contributed by atoms with Crippen LogP contribution in [0.5, 0.6) is 0 Å². The van der Waals surface area contributed by atoms with E-state index in [2.05, 4.69) is 12.2 Å². The van der Waals surface area contributed by atoms with E-state index in [1.807, 2.05) is 18.7 Å². The molecule has 2 atom stereocenters. The van der Waals surface area contributed by atoms with Crippen LogP contribution in [0.25, 0.3) is 0 Å². The molecule has 5 heteroatoms. The zero-order valence-corrected chi connectivity index (χ0v) is 13.1. The Balaban J connectivity index is 2.66. The Morgan fingerprint density at radius 3 is 2.60 bits per heavy atom. The van der Waals surface area contributed by atoms with Crippen molar-refractivity contribution >= 4 is 12.0 Å². The highest BCUT2D eigenvalue weighted by atomic mass is 16.5. The summed E-state index contributed by atoms with van der Waals surface area (Å²) in [7, 11) is 1.36. The van der Waals surface area contributed by atoms with E-state index in [1.54, 1.807) is 0 Å². The summed E-state index contributed by atoms with van der Waals surface area (Å²) < 4.78 is 4.78. The molecule has 0 saturated carbocycles. The summed E-state index contributed by atoms with van der Waals surface area (Å²) in [4.78, 5) is 26.0. The molecule has 0 aliphatic carbocycles. The molecule has 20 heavy (non-hydrogen) atoms. The predicted molar refractivity (Wildman–Crippen MR) is 78.4 cm³/mol. The van der Waals surface area contributed by atoms with Gasteiger partial charge in [0.15, 0.2) is 0 Å². The Bertz CT molecular complexity index is 331. The van der Waals surface area contributed by atoms with E-state index < -0.39 is 6.04 Å². The summed E-state index contributed by atoms with van der Waals surface area (Å²) in [5, 5.41) is 2.85. The van der Waals surface area contributed by atoms with Gasteiger partial charge in [0.25, 0.3) is 0 Å². The van der Waals surface area contributed by atoms with Crippen molar-refractivity contribution in [1.29, 1.82) is 0 Å². The molecule has 0 aromatic rings. The number of carbonyl (C=O) groups is 2. The van der Waals surface area contributed by atoms with Crippen molar-refractivity contribution in [3.63, 3.8) is 0 Å². The smallest absolute Gasteiger partial charge is 0.328 e. The number of hydrogen-bond donors (Lipinski definition) is 1. The van der Waals surface area contributed by atoms with Gasteiger partial charge in [0.05, 0.1) is 7.11 Å². The number of likely N-dealkylation sites (tertiary alicyclic amines) is 1. The van der Waals surface area contributed by atoms with Gasteiger partial charge in [-0.15, -0.1) is 0 Å². The topological polar surface area (TPSA) is 58.6 Å². The van der Waals surface area contributed by atoms with Gasteiger partial charge in [-0.05, 0) is 38.0 Å². The summed E-state index contributed by atoms with van der Waals surface area (Å²) in [5.74, 6) is -0.0418. The number of ether oxygens (including phenoxy) is 1. The van der Waals surface area contributed by atoms with Gasteiger partial charge >= 0.3 is 12.0 Å². The normalized spacial score (nSPS) is 20.6. The molecule has 1 aliphatic rings. The molecule has 5 nitrogen and oxygen atoms in total. The van der Waals surface area contributed by atoms with E-state index in [-0.39, 0.29) is 12.0 Å². The van der Waals surface area contributed by atoms with Crippen molar-refractivity contribution in [3.8, 4) is 0 Å². The lowest BCUT2D eigenvalue weighted by atomic mass is 10.0. The van der Waals surface area contributed by atoms with Gasteiger partial charge in [0, 0.05) is 12.6 Å². The number of hydrogen-bond acceptors (Lipinski definition) is 3. The summed E-state index contributed by atoms with van der Waals surface area (Å²) >= 11 is 0. The fourth-order valence-corrected chi connectivity index (χ4v) is 2.75. The van der Waals surface area contributed by atoms with Gasteiger partial charge in [-0.25, -0.2) is 9.59 Å². The number of piperidine rings is 1. The molecule has 2 unspecified atom stereocenters. The third-order valence-electron chi connectivity index (χ3n) is 3.85. The quantitative estimate of drug-likeness (QED) is 0.789. The van der Waals surface area contributed by atoms with Crippen LogP contribution in [-0.4, -0.2) is 42.6 Å². The Hall–Kier alpha value is -1.26. The Morgan fingerprint density at radius 1 is 1.35 bits per heavy atom. The zero-order chi connectivity index (χ0) is 15.1. The maximum atomic E-state index is 12.4. The van der Waals surface area contributed by atoms with Crippen LogP contribution in [-0.2, 0) is 9.53 Å². The lowest BCUT2D eigenvalue weighted by Crippen LogP contribution is -2.53. The monoisotopic (exact) mass is 284 g/mol. The molecular formula is C15H28N2O3. The zero-order valence-electron chi connectivity index (χ0n) is 13.1. The first kappa shape index (κ1) is 16.8. The average molecular weight is 284 g/mol. The molecule has 2 amide bonds. The van der Waals surface area contributed by atoms with Crippen LogP contribution in [0.15, 0.2) is 0 Å². The first-order valence-electron chi connectivity index (χ1n) is 7.64. The van der Waals surface area contributed by atoms with Crippen LogP contribution in [0.4, 0.5) is 4.79 Å². The van der Waals surface area contributed by atoms with E-state index in [9.17, 15) is 9.59 Å². The fourth-order valence-electron chi connectivity index (χ4n) is 2.75. The van der Waals surface area contributed by atoms with E-state index in [0.29, 0.717) is 18.4 Å². The SMILES string of the molecule is CCC1CCCCN1C(=O)NC(CC(C)C)C(=O)OC. The summed E-state index contributed by atoms with van der Waals surface area (Å²) in [6, 6.07) is -0.388. The molecule has 0 aromatic heterocycles. The second-order valence-electron chi connectivity index (χ2n) is 5.91. The number of carbonyl (C=O) groups excluding carboxylic acids is 2. The molecule has 1 saturated heterocycles. The highest BCUT2D eigenvalue weighted by Gasteiger charge is 2.29. The van der Waals surface area contributed by atoms with Crippen LogP contribution in [0.2, 0.25) is 0 Å². The molecule has 1 aliphatic heterocycles. The molecule has 1 N–H and O–H groups in total. The summed E-state index contributed by atoms with van der Waals surface area (Å²) in [6.07, 6.45) is 4.83. The highest BCUT2D eigenvalue weighted by molar-refractivity contribution is 5.83. The van der Waals surface area contributed by atoms with Crippen LogP contribution in [0.3, 0.4) is 0 Å². The van der Waals surface area contributed by atoms with Crippen LogP contribution in [0, 0.1) is 5.92 Å². The lowest BCUT2D eigenvalue weighted by molar-refractivity contribution is -0.143. The highest BCUT2D eigenvalue weighted by Crippen LogP contribution is 2.19. The average Bonchev–Trinajstić information content (AvgIpc) is 2.45. The van der Waals surface area contributed by atoms with Gasteiger partial charge in [-0.3, -0.25) is 0 Å². The van der Waals surface area contributed by atoms with E-state index in [0.717, 1.165) is 25.8 Å². The molecule has 1 heterocycles. The lowest BCUT2D eigenvalue weighted by Gasteiger charge is -2.36. The van der Waals surface area contributed by atoms with Crippen molar-refractivity contribution in [2.24, 2.45) is 5.92 Å². The van der Waals surface area contributed by atoms with Crippen LogP contribution in [0.1, 0.15) is 52.9 Å². The maximum absolute atomic E-state index is 12.4. The minimum Gasteiger partial charge on any atom is -0.467 e. The van der Waals surface area contributed by atoms with E-state index >= 15 is 0 Å². The molecule has 0 bridgehead atoms. The van der Waals surface area contributed by atoms with Gasteiger partial charge in [-0.2, -0.15) is 0 Å². The molecule has 0 aromatic carbocycles. The second-order valence-corrected chi connectivity index (χ2v) is 5.91. The third-order valence-corrected chi connectivity index (χ3v) is 3.85. The molecular weight excluding hydrogens is 256 g/mol. The first-order chi connectivity index (χ1) is 9.49. The molecule has 0 radical (unpaired) electrons. The Kier molecular flexibility index (Phi) is 6.82. The van der Waals surface area contributed by atoms with E-state index in [4.69, 9.17) is 4.74 Å². The first-order valence-corrected chi connectivity index (χ1v) is 7.64. The minimum atomic E-state index is -0.549. The number of amides is 2. The van der Waals surface area contributed by atoms with Gasteiger partial charge in [-0.1, -0.05) is 20.8 Å². The van der Waals surface area contributed by atoms with Crippen molar-refractivity contribution in [2.75, 3.05) is 13.7 Å². The van der Waals surface area contributed by atoms with Crippen molar-refractivity contribution in [1.82, 2.24) is 10.2 Å². The number of methoxy groups -OCH3 is 1. The second kappa shape index (κ2) is 8.12. The molecule has 1 rings (SSSR count). The standard InChI is InChI=1S/C15H28N2O3/c1-5-12-8-6-7-9-17(12)15(19)16-13(10-11(2)3)14(18)20-4/h11-13H,5-10H2,1-4H3,(H,16,19). The van der Waals surface area contributed by atoms with Crippen molar-refractivity contribution in [3.05, 3.63) is 0 Å². The summed E-state index contributed by atoms with van der Waals surface area (Å²) in [5.41, 5.74) is 0. The number of rotatable bonds is 5. The largest absolute Gasteiger partial charge is 0.467 e. The van der Waals surface area contributed by atoms with Crippen LogP contribution >= 0.6 is 0 Å². The number of nitrogens with one attached hydrogen (secondary N) is 1. The third kappa shape index (κ3) is 4.69. The minimum absolute atomic E-state index is 0.132. The van der Waals surface area contributed by atoms with Gasteiger partial charge < -0.3 is 15.0 Å². The number of urea groups is 1. The number of nitrogens with zero attached hydrogens (tertiary/aromatic N) is 1. The van der Waals surface area contributed by atoms with E-state index in [1.165, 1.54) is 13.5 Å². The van der Waals surface area contributed by atoms with Gasteiger partial charge in [0.2, 0.25) is 0 Å². The maximum Gasteiger partial charge on any atom is 0.328 e.